The van der Waals surface area contributed by atoms with Gasteiger partial charge in [0.2, 0.25) is 5.91 Å². The molecule has 1 amide bonds. The molecule has 0 aromatic rings. The van der Waals surface area contributed by atoms with E-state index in [1.807, 2.05) is 27.7 Å². The van der Waals surface area contributed by atoms with Crippen molar-refractivity contribution in [2.45, 2.75) is 52.1 Å². The van der Waals surface area contributed by atoms with E-state index in [4.69, 9.17) is 4.74 Å². The number of amides is 1. The predicted molar refractivity (Wildman–Crippen MR) is 98.3 cm³/mol. The quantitative estimate of drug-likeness (QED) is 0.400. The van der Waals surface area contributed by atoms with E-state index in [1.165, 1.54) is 12.8 Å². The molecule has 0 aromatic carbocycles. The van der Waals surface area contributed by atoms with E-state index in [2.05, 4.69) is 25.8 Å². The van der Waals surface area contributed by atoms with Gasteiger partial charge in [-0.2, -0.15) is 0 Å². The van der Waals surface area contributed by atoms with Crippen LogP contribution in [0.2, 0.25) is 0 Å². The Hall–Kier alpha value is -1.34. The fourth-order valence-electron chi connectivity index (χ4n) is 2.39. The Morgan fingerprint density at radius 3 is 2.50 bits per heavy atom. The molecule has 0 atom stereocenters. The van der Waals surface area contributed by atoms with Gasteiger partial charge in [-0.25, -0.2) is 4.99 Å². The standard InChI is InChI=1S/C17H35N5O2/c1-6-18-16(20-13-15(23)21-17(2,3)4)19-9-10-22(11-12-24-5)14-7-8-14/h14H,6-13H2,1-5H3,(H,21,23)(H2,18,19,20). The van der Waals surface area contributed by atoms with Crippen molar-refractivity contribution in [3.05, 3.63) is 0 Å². The molecular formula is C17H35N5O2. The first kappa shape index (κ1) is 20.7. The highest BCUT2D eigenvalue weighted by atomic mass is 16.5. The summed E-state index contributed by atoms with van der Waals surface area (Å²) in [5.41, 5.74) is -0.232. The number of methoxy groups -OCH3 is 1. The molecular weight excluding hydrogens is 306 g/mol. The van der Waals surface area contributed by atoms with E-state index >= 15 is 0 Å². The van der Waals surface area contributed by atoms with Crippen LogP contribution >= 0.6 is 0 Å². The molecule has 0 bridgehead atoms. The second kappa shape index (κ2) is 10.5. The Labute approximate surface area is 146 Å². The van der Waals surface area contributed by atoms with Gasteiger partial charge in [0.05, 0.1) is 6.61 Å². The second-order valence-corrected chi connectivity index (χ2v) is 7.18. The lowest BCUT2D eigenvalue weighted by atomic mass is 10.1. The molecule has 1 aliphatic carbocycles. The van der Waals surface area contributed by atoms with Crippen LogP contribution in [0, 0.1) is 0 Å². The fraction of sp³-hybridized carbons (Fsp3) is 0.882. The van der Waals surface area contributed by atoms with Crippen molar-refractivity contribution in [2.24, 2.45) is 4.99 Å². The van der Waals surface area contributed by atoms with Gasteiger partial charge in [0.15, 0.2) is 5.96 Å². The predicted octanol–water partition coefficient (Wildman–Crippen LogP) is 0.567. The third-order valence-corrected chi connectivity index (χ3v) is 3.58. The Bertz CT molecular complexity index is 402. The van der Waals surface area contributed by atoms with Gasteiger partial charge in [0.1, 0.15) is 6.54 Å². The molecule has 7 nitrogen and oxygen atoms in total. The average molecular weight is 342 g/mol. The number of ether oxygens (including phenoxy) is 1. The van der Waals surface area contributed by atoms with E-state index < -0.39 is 0 Å². The summed E-state index contributed by atoms with van der Waals surface area (Å²) >= 11 is 0. The highest BCUT2D eigenvalue weighted by Gasteiger charge is 2.28. The summed E-state index contributed by atoms with van der Waals surface area (Å²) in [5, 5.41) is 9.40. The van der Waals surface area contributed by atoms with E-state index in [9.17, 15) is 4.79 Å². The minimum absolute atomic E-state index is 0.0700. The molecule has 1 rings (SSSR count). The van der Waals surface area contributed by atoms with Gasteiger partial charge in [-0.3, -0.25) is 9.69 Å². The topological polar surface area (TPSA) is 78.0 Å². The van der Waals surface area contributed by atoms with Gasteiger partial charge in [-0.15, -0.1) is 0 Å². The summed E-state index contributed by atoms with van der Waals surface area (Å²) in [6, 6.07) is 0.707. The van der Waals surface area contributed by atoms with E-state index in [0.717, 1.165) is 32.8 Å². The van der Waals surface area contributed by atoms with Crippen molar-refractivity contribution in [3.63, 3.8) is 0 Å². The molecule has 24 heavy (non-hydrogen) atoms. The number of aliphatic imine (C=N–C) groups is 1. The molecule has 0 aliphatic heterocycles. The van der Waals surface area contributed by atoms with Crippen LogP contribution in [-0.2, 0) is 9.53 Å². The zero-order chi connectivity index (χ0) is 18.0. The van der Waals surface area contributed by atoms with Crippen molar-refractivity contribution < 1.29 is 9.53 Å². The van der Waals surface area contributed by atoms with E-state index in [1.54, 1.807) is 7.11 Å². The normalized spacial score (nSPS) is 15.5. The number of hydrogen-bond donors (Lipinski definition) is 3. The second-order valence-electron chi connectivity index (χ2n) is 7.18. The number of carbonyl (C=O) groups excluding carboxylic acids is 1. The van der Waals surface area contributed by atoms with Crippen LogP contribution in [0.3, 0.4) is 0 Å². The largest absolute Gasteiger partial charge is 0.383 e. The molecule has 3 N–H and O–H groups in total. The lowest BCUT2D eigenvalue weighted by molar-refractivity contribution is -0.121. The van der Waals surface area contributed by atoms with Crippen molar-refractivity contribution in [2.75, 3.05) is 46.4 Å². The van der Waals surface area contributed by atoms with Crippen LogP contribution in [0.25, 0.3) is 0 Å². The third kappa shape index (κ3) is 9.72. The van der Waals surface area contributed by atoms with Crippen LogP contribution in [0.5, 0.6) is 0 Å². The summed E-state index contributed by atoms with van der Waals surface area (Å²) in [4.78, 5) is 18.7. The first-order chi connectivity index (χ1) is 11.4. The van der Waals surface area contributed by atoms with E-state index in [0.29, 0.717) is 12.0 Å². The van der Waals surface area contributed by atoms with Crippen LogP contribution in [0.15, 0.2) is 4.99 Å². The summed E-state index contributed by atoms with van der Waals surface area (Å²) in [6.07, 6.45) is 2.57. The Balaban J connectivity index is 2.38. The molecule has 0 aromatic heterocycles. The molecule has 140 valence electrons. The highest BCUT2D eigenvalue weighted by Crippen LogP contribution is 2.25. The average Bonchev–Trinajstić information content (AvgIpc) is 3.31. The maximum absolute atomic E-state index is 11.9. The third-order valence-electron chi connectivity index (χ3n) is 3.58. The summed E-state index contributed by atoms with van der Waals surface area (Å²) in [5.74, 6) is 0.614. The molecule has 0 spiro atoms. The number of nitrogens with one attached hydrogen (secondary N) is 3. The van der Waals surface area contributed by atoms with Crippen LogP contribution < -0.4 is 16.0 Å². The van der Waals surface area contributed by atoms with Crippen LogP contribution in [0.4, 0.5) is 0 Å². The molecule has 1 aliphatic rings. The minimum atomic E-state index is -0.232. The maximum atomic E-state index is 11.9. The Morgan fingerprint density at radius 2 is 1.96 bits per heavy atom. The van der Waals surface area contributed by atoms with E-state index in [-0.39, 0.29) is 18.0 Å². The first-order valence-electron chi connectivity index (χ1n) is 8.92. The molecule has 0 unspecified atom stereocenters. The number of rotatable bonds is 10. The first-order valence-corrected chi connectivity index (χ1v) is 8.92. The Kier molecular flexibility index (Phi) is 9.07. The number of carbonyl (C=O) groups is 1. The lowest BCUT2D eigenvalue weighted by Gasteiger charge is -2.22. The summed E-state index contributed by atoms with van der Waals surface area (Å²) < 4.78 is 5.18. The highest BCUT2D eigenvalue weighted by molar-refractivity contribution is 5.85. The number of guanidine groups is 1. The molecule has 1 saturated carbocycles. The lowest BCUT2D eigenvalue weighted by Crippen LogP contribution is -2.44. The molecule has 0 heterocycles. The van der Waals surface area contributed by atoms with Gasteiger partial charge in [-0.1, -0.05) is 0 Å². The minimum Gasteiger partial charge on any atom is -0.383 e. The number of hydrogen-bond acceptors (Lipinski definition) is 4. The van der Waals surface area contributed by atoms with Crippen LogP contribution in [0.1, 0.15) is 40.5 Å². The van der Waals surface area contributed by atoms with Crippen molar-refractivity contribution >= 4 is 11.9 Å². The Morgan fingerprint density at radius 1 is 1.25 bits per heavy atom. The molecule has 7 heteroatoms. The number of nitrogens with zero attached hydrogens (tertiary/aromatic N) is 2. The molecule has 0 radical (unpaired) electrons. The van der Waals surface area contributed by atoms with Gasteiger partial charge in [0, 0.05) is 44.9 Å². The molecule has 1 fully saturated rings. The van der Waals surface area contributed by atoms with Gasteiger partial charge >= 0.3 is 0 Å². The van der Waals surface area contributed by atoms with Crippen molar-refractivity contribution in [1.29, 1.82) is 0 Å². The van der Waals surface area contributed by atoms with Gasteiger partial charge < -0.3 is 20.7 Å². The van der Waals surface area contributed by atoms with Gasteiger partial charge in [-0.05, 0) is 40.5 Å². The van der Waals surface area contributed by atoms with Crippen LogP contribution in [-0.4, -0.2) is 74.8 Å². The smallest absolute Gasteiger partial charge is 0.242 e. The summed E-state index contributed by atoms with van der Waals surface area (Å²) in [6.45, 7) is 12.3. The maximum Gasteiger partial charge on any atom is 0.242 e. The SMILES string of the molecule is CCNC(=NCC(=O)NC(C)(C)C)NCCN(CCOC)C1CC1. The zero-order valence-electron chi connectivity index (χ0n) is 15.9. The fourth-order valence-corrected chi connectivity index (χ4v) is 2.39. The molecule has 0 saturated heterocycles. The summed E-state index contributed by atoms with van der Waals surface area (Å²) in [7, 11) is 1.74. The zero-order valence-corrected chi connectivity index (χ0v) is 15.9. The van der Waals surface area contributed by atoms with Crippen molar-refractivity contribution in [3.8, 4) is 0 Å². The van der Waals surface area contributed by atoms with Gasteiger partial charge in [0.25, 0.3) is 0 Å². The van der Waals surface area contributed by atoms with Crippen molar-refractivity contribution in [1.82, 2.24) is 20.9 Å². The monoisotopic (exact) mass is 341 g/mol.